The number of pyridine rings is 1. The molecule has 1 aliphatic heterocycles. The van der Waals surface area contributed by atoms with Gasteiger partial charge < -0.3 is 14.8 Å². The Kier molecular flexibility index (Phi) is 3.06. The molecule has 2 heterocycles. The molecule has 0 unspecified atom stereocenters. The van der Waals surface area contributed by atoms with Crippen molar-refractivity contribution < 1.29 is 9.47 Å². The highest BCUT2D eigenvalue weighted by molar-refractivity contribution is 9.10. The van der Waals surface area contributed by atoms with Crippen LogP contribution in [-0.2, 0) is 6.54 Å². The molecule has 1 aliphatic rings. The van der Waals surface area contributed by atoms with E-state index in [0.717, 1.165) is 27.5 Å². The first kappa shape index (κ1) is 11.3. The Bertz CT molecular complexity index is 575. The van der Waals surface area contributed by atoms with Crippen molar-refractivity contribution in [1.29, 1.82) is 0 Å². The van der Waals surface area contributed by atoms with E-state index in [-0.39, 0.29) is 0 Å². The molecule has 0 saturated carbocycles. The quantitative estimate of drug-likeness (QED) is 0.885. The van der Waals surface area contributed by atoms with Gasteiger partial charge >= 0.3 is 0 Å². The third-order valence-corrected chi connectivity index (χ3v) is 3.07. The van der Waals surface area contributed by atoms with Gasteiger partial charge in [-0.1, -0.05) is 12.1 Å². The number of nitrogens with one attached hydrogen (secondary N) is 1. The van der Waals surface area contributed by atoms with Gasteiger partial charge in [0.05, 0.1) is 0 Å². The second-order valence-corrected chi connectivity index (χ2v) is 4.70. The van der Waals surface area contributed by atoms with Crippen molar-refractivity contribution in [1.82, 2.24) is 4.98 Å². The number of nitrogens with zero attached hydrogens (tertiary/aromatic N) is 1. The molecule has 1 aromatic carbocycles. The molecule has 4 nitrogen and oxygen atoms in total. The third kappa shape index (κ3) is 2.41. The molecule has 0 aliphatic carbocycles. The van der Waals surface area contributed by atoms with Crippen LogP contribution in [0, 0.1) is 0 Å². The fourth-order valence-corrected chi connectivity index (χ4v) is 2.09. The van der Waals surface area contributed by atoms with E-state index in [0.29, 0.717) is 13.3 Å². The van der Waals surface area contributed by atoms with Gasteiger partial charge in [-0.2, -0.15) is 0 Å². The van der Waals surface area contributed by atoms with Gasteiger partial charge in [0, 0.05) is 6.54 Å². The first-order chi connectivity index (χ1) is 8.81. The van der Waals surface area contributed by atoms with Gasteiger partial charge in [0.2, 0.25) is 6.79 Å². The topological polar surface area (TPSA) is 43.4 Å². The minimum Gasteiger partial charge on any atom is -0.454 e. The van der Waals surface area contributed by atoms with Crippen LogP contribution in [-0.4, -0.2) is 11.8 Å². The highest BCUT2D eigenvalue weighted by Gasteiger charge is 2.12. The molecule has 1 aromatic heterocycles. The van der Waals surface area contributed by atoms with Crippen LogP contribution in [0.2, 0.25) is 0 Å². The molecule has 0 radical (unpaired) electrons. The Morgan fingerprint density at radius 1 is 1.17 bits per heavy atom. The van der Waals surface area contributed by atoms with E-state index in [1.165, 1.54) is 0 Å². The van der Waals surface area contributed by atoms with Gasteiger partial charge in [-0.25, -0.2) is 4.98 Å². The number of rotatable bonds is 3. The number of fused-ring (bicyclic) bond motifs is 1. The maximum absolute atomic E-state index is 5.34. The molecule has 0 saturated heterocycles. The molecule has 5 heteroatoms. The average Bonchev–Trinajstić information content (AvgIpc) is 2.84. The molecule has 0 spiro atoms. The summed E-state index contributed by atoms with van der Waals surface area (Å²) in [5, 5.41) is 3.26. The number of hydrogen-bond acceptors (Lipinski definition) is 4. The summed E-state index contributed by atoms with van der Waals surface area (Å²) in [5.41, 5.74) is 1.13. The van der Waals surface area contributed by atoms with Crippen molar-refractivity contribution in [3.05, 3.63) is 46.6 Å². The summed E-state index contributed by atoms with van der Waals surface area (Å²) in [6, 6.07) is 11.7. The van der Waals surface area contributed by atoms with E-state index in [9.17, 15) is 0 Å². The number of anilines is 1. The van der Waals surface area contributed by atoms with E-state index in [4.69, 9.17) is 9.47 Å². The predicted molar refractivity (Wildman–Crippen MR) is 71.8 cm³/mol. The van der Waals surface area contributed by atoms with Gasteiger partial charge in [0.15, 0.2) is 11.5 Å². The highest BCUT2D eigenvalue weighted by atomic mass is 79.9. The van der Waals surface area contributed by atoms with Gasteiger partial charge in [0.25, 0.3) is 0 Å². The van der Waals surface area contributed by atoms with Crippen LogP contribution in [0.1, 0.15) is 5.56 Å². The normalized spacial score (nSPS) is 12.5. The molecule has 0 bridgehead atoms. The highest BCUT2D eigenvalue weighted by Crippen LogP contribution is 2.32. The molecule has 0 atom stereocenters. The minimum absolute atomic E-state index is 0.305. The van der Waals surface area contributed by atoms with Crippen molar-refractivity contribution in [2.24, 2.45) is 0 Å². The van der Waals surface area contributed by atoms with E-state index in [1.54, 1.807) is 0 Å². The minimum atomic E-state index is 0.305. The van der Waals surface area contributed by atoms with Gasteiger partial charge in [0.1, 0.15) is 10.4 Å². The lowest BCUT2D eigenvalue weighted by atomic mass is 10.2. The van der Waals surface area contributed by atoms with Crippen LogP contribution < -0.4 is 14.8 Å². The van der Waals surface area contributed by atoms with Crippen molar-refractivity contribution in [2.75, 3.05) is 12.1 Å². The van der Waals surface area contributed by atoms with Crippen LogP contribution in [0.15, 0.2) is 41.0 Å². The molecule has 1 N–H and O–H groups in total. The van der Waals surface area contributed by atoms with Gasteiger partial charge in [-0.3, -0.25) is 0 Å². The monoisotopic (exact) mass is 306 g/mol. The van der Waals surface area contributed by atoms with Crippen molar-refractivity contribution in [2.45, 2.75) is 6.54 Å². The Labute approximate surface area is 113 Å². The van der Waals surface area contributed by atoms with Crippen LogP contribution in [0.3, 0.4) is 0 Å². The zero-order valence-corrected chi connectivity index (χ0v) is 11.1. The number of ether oxygens (including phenoxy) is 2. The molecule has 3 rings (SSSR count). The number of aromatic nitrogens is 1. The lowest BCUT2D eigenvalue weighted by Gasteiger charge is -2.06. The molecule has 18 heavy (non-hydrogen) atoms. The zero-order valence-electron chi connectivity index (χ0n) is 9.52. The van der Waals surface area contributed by atoms with Crippen molar-refractivity contribution in [3.8, 4) is 11.5 Å². The summed E-state index contributed by atoms with van der Waals surface area (Å²) < 4.78 is 11.4. The lowest BCUT2D eigenvalue weighted by Crippen LogP contribution is -2.01. The van der Waals surface area contributed by atoms with Gasteiger partial charge in [-0.05, 0) is 45.8 Å². The fraction of sp³-hybridized carbons (Fsp3) is 0.154. The maximum Gasteiger partial charge on any atom is 0.231 e. The first-order valence-electron chi connectivity index (χ1n) is 5.56. The van der Waals surface area contributed by atoms with Crippen molar-refractivity contribution >= 4 is 21.7 Å². The van der Waals surface area contributed by atoms with Gasteiger partial charge in [-0.15, -0.1) is 0 Å². The van der Waals surface area contributed by atoms with Crippen LogP contribution >= 0.6 is 15.9 Å². The molecule has 92 valence electrons. The van der Waals surface area contributed by atoms with Crippen LogP contribution in [0.5, 0.6) is 11.5 Å². The predicted octanol–water partition coefficient (Wildman–Crippen LogP) is 3.18. The fourth-order valence-electron chi connectivity index (χ4n) is 1.75. The van der Waals surface area contributed by atoms with E-state index in [2.05, 4.69) is 26.2 Å². The maximum atomic E-state index is 5.34. The molecule has 0 amide bonds. The molecule has 2 aromatic rings. The second kappa shape index (κ2) is 4.86. The number of benzene rings is 1. The van der Waals surface area contributed by atoms with Crippen LogP contribution in [0.4, 0.5) is 5.82 Å². The zero-order chi connectivity index (χ0) is 12.4. The number of halogens is 1. The van der Waals surface area contributed by atoms with Crippen molar-refractivity contribution in [3.63, 3.8) is 0 Å². The largest absolute Gasteiger partial charge is 0.454 e. The summed E-state index contributed by atoms with van der Waals surface area (Å²) in [7, 11) is 0. The first-order valence-corrected chi connectivity index (χ1v) is 6.35. The molecular formula is C13H11BrN2O2. The summed E-state index contributed by atoms with van der Waals surface area (Å²) in [4.78, 5) is 4.31. The lowest BCUT2D eigenvalue weighted by molar-refractivity contribution is 0.174. The Hall–Kier alpha value is -1.75. The Morgan fingerprint density at radius 3 is 2.94 bits per heavy atom. The summed E-state index contributed by atoms with van der Waals surface area (Å²) in [5.74, 6) is 2.44. The summed E-state index contributed by atoms with van der Waals surface area (Å²) in [6.07, 6.45) is 0. The smallest absolute Gasteiger partial charge is 0.231 e. The SMILES string of the molecule is Brc1cccc(NCc2ccc3c(c2)OCO3)n1. The standard InChI is InChI=1S/C13H11BrN2O2/c14-12-2-1-3-13(16-12)15-7-9-4-5-10-11(6-9)18-8-17-10/h1-6H,7-8H2,(H,15,16). The van der Waals surface area contributed by atoms with E-state index >= 15 is 0 Å². The second-order valence-electron chi connectivity index (χ2n) is 3.89. The third-order valence-electron chi connectivity index (χ3n) is 2.63. The number of hydrogen-bond donors (Lipinski definition) is 1. The Balaban J connectivity index is 1.70. The van der Waals surface area contributed by atoms with E-state index < -0.39 is 0 Å². The molecular weight excluding hydrogens is 296 g/mol. The average molecular weight is 307 g/mol. The van der Waals surface area contributed by atoms with E-state index in [1.807, 2.05) is 36.4 Å². The molecule has 0 fully saturated rings. The van der Waals surface area contributed by atoms with Crippen LogP contribution in [0.25, 0.3) is 0 Å². The summed E-state index contributed by atoms with van der Waals surface area (Å²) >= 11 is 3.34. The Morgan fingerprint density at radius 2 is 2.06 bits per heavy atom. The summed E-state index contributed by atoms with van der Waals surface area (Å²) in [6.45, 7) is 1.000.